The summed E-state index contributed by atoms with van der Waals surface area (Å²) in [7, 11) is 0. The number of hydrogen-bond donors (Lipinski definition) is 1. The van der Waals surface area contributed by atoms with Crippen LogP contribution in [0.2, 0.25) is 0 Å². The molecule has 1 fully saturated rings. The zero-order chi connectivity index (χ0) is 8.86. The second-order valence-corrected chi connectivity index (χ2v) is 3.78. The topological polar surface area (TPSA) is 35.8 Å². The van der Waals surface area contributed by atoms with Gasteiger partial charge in [-0.15, -0.1) is 0 Å². The fourth-order valence-electron chi connectivity index (χ4n) is 1.88. The van der Waals surface area contributed by atoms with Crippen molar-refractivity contribution in [3.05, 3.63) is 0 Å². The van der Waals surface area contributed by atoms with Gasteiger partial charge in [0, 0.05) is 6.54 Å². The zero-order valence-corrected chi connectivity index (χ0v) is 7.90. The van der Waals surface area contributed by atoms with Crippen LogP contribution in [0.1, 0.15) is 39.0 Å². The van der Waals surface area contributed by atoms with Crippen LogP contribution in [0.15, 0.2) is 0 Å². The Labute approximate surface area is 75.0 Å². The summed E-state index contributed by atoms with van der Waals surface area (Å²) in [5, 5.41) is 12.4. The Morgan fingerprint density at radius 1 is 1.42 bits per heavy atom. The summed E-state index contributed by atoms with van der Waals surface area (Å²) in [5.74, 6) is 0. The van der Waals surface area contributed by atoms with E-state index >= 15 is 0 Å². The molecule has 1 saturated carbocycles. The van der Waals surface area contributed by atoms with E-state index in [2.05, 4.69) is 18.3 Å². The second-order valence-electron chi connectivity index (χ2n) is 3.78. The molecule has 0 aromatic carbocycles. The van der Waals surface area contributed by atoms with E-state index in [0.29, 0.717) is 0 Å². The summed E-state index contributed by atoms with van der Waals surface area (Å²) in [6, 6.07) is 2.47. The molecule has 0 bridgehead atoms. The zero-order valence-electron chi connectivity index (χ0n) is 7.90. The Hall–Kier alpha value is -0.550. The standard InChI is InChI=1S/C10H18N2/c1-2-7-12-9-10(8-11)5-3-4-6-10/h12H,2-7,9H2,1H3. The lowest BCUT2D eigenvalue weighted by molar-refractivity contribution is 0.379. The van der Waals surface area contributed by atoms with Gasteiger partial charge in [-0.3, -0.25) is 0 Å². The average Bonchev–Trinajstić information content (AvgIpc) is 2.55. The molecule has 0 aliphatic heterocycles. The number of nitrogens with zero attached hydrogens (tertiary/aromatic N) is 1. The predicted octanol–water partition coefficient (Wildman–Crippen LogP) is 2.07. The van der Waals surface area contributed by atoms with Gasteiger partial charge < -0.3 is 5.32 Å². The fraction of sp³-hybridized carbons (Fsp3) is 0.900. The van der Waals surface area contributed by atoms with Gasteiger partial charge in [-0.2, -0.15) is 5.26 Å². The largest absolute Gasteiger partial charge is 0.315 e. The van der Waals surface area contributed by atoms with Crippen molar-refractivity contribution in [2.45, 2.75) is 39.0 Å². The summed E-state index contributed by atoms with van der Waals surface area (Å²) < 4.78 is 0. The molecule has 2 heteroatoms. The number of nitriles is 1. The van der Waals surface area contributed by atoms with Gasteiger partial charge in [0.15, 0.2) is 0 Å². The smallest absolute Gasteiger partial charge is 0.0703 e. The van der Waals surface area contributed by atoms with Crippen molar-refractivity contribution < 1.29 is 0 Å². The number of nitrogens with one attached hydrogen (secondary N) is 1. The molecule has 0 heterocycles. The van der Waals surface area contributed by atoms with Gasteiger partial charge in [0.25, 0.3) is 0 Å². The first-order chi connectivity index (χ1) is 5.83. The lowest BCUT2D eigenvalue weighted by Gasteiger charge is -2.20. The third kappa shape index (κ3) is 2.22. The summed E-state index contributed by atoms with van der Waals surface area (Å²) in [4.78, 5) is 0. The van der Waals surface area contributed by atoms with E-state index in [9.17, 15) is 0 Å². The number of rotatable bonds is 4. The van der Waals surface area contributed by atoms with Crippen LogP contribution in [0.4, 0.5) is 0 Å². The van der Waals surface area contributed by atoms with Crippen LogP contribution in [0.3, 0.4) is 0 Å². The molecule has 0 spiro atoms. The van der Waals surface area contributed by atoms with Gasteiger partial charge in [0.1, 0.15) is 0 Å². The normalized spacial score (nSPS) is 20.7. The van der Waals surface area contributed by atoms with Crippen molar-refractivity contribution in [2.24, 2.45) is 5.41 Å². The highest BCUT2D eigenvalue weighted by atomic mass is 14.9. The molecule has 2 nitrogen and oxygen atoms in total. The van der Waals surface area contributed by atoms with E-state index in [1.165, 1.54) is 12.8 Å². The lowest BCUT2D eigenvalue weighted by atomic mass is 9.88. The second kappa shape index (κ2) is 4.47. The van der Waals surface area contributed by atoms with Crippen LogP contribution in [0, 0.1) is 16.7 Å². The van der Waals surface area contributed by atoms with E-state index in [4.69, 9.17) is 5.26 Å². The van der Waals surface area contributed by atoms with Crippen LogP contribution in [0.5, 0.6) is 0 Å². The Morgan fingerprint density at radius 3 is 2.58 bits per heavy atom. The molecule has 68 valence electrons. The first-order valence-corrected chi connectivity index (χ1v) is 4.95. The minimum absolute atomic E-state index is 0.0187. The molecule has 0 unspecified atom stereocenters. The molecular formula is C10H18N2. The molecule has 0 amide bonds. The molecule has 1 rings (SSSR count). The Morgan fingerprint density at radius 2 is 2.08 bits per heavy atom. The Bertz CT molecular complexity index is 163. The molecular weight excluding hydrogens is 148 g/mol. The van der Waals surface area contributed by atoms with E-state index < -0.39 is 0 Å². The molecule has 1 aliphatic carbocycles. The highest BCUT2D eigenvalue weighted by Crippen LogP contribution is 2.36. The van der Waals surface area contributed by atoms with Crippen molar-refractivity contribution >= 4 is 0 Å². The molecule has 12 heavy (non-hydrogen) atoms. The summed E-state index contributed by atoms with van der Waals surface area (Å²) >= 11 is 0. The van der Waals surface area contributed by atoms with Gasteiger partial charge in [0.2, 0.25) is 0 Å². The summed E-state index contributed by atoms with van der Waals surface area (Å²) in [5.41, 5.74) is -0.0187. The third-order valence-corrected chi connectivity index (χ3v) is 2.69. The van der Waals surface area contributed by atoms with Crippen LogP contribution in [0.25, 0.3) is 0 Å². The van der Waals surface area contributed by atoms with Crippen LogP contribution in [-0.2, 0) is 0 Å². The summed E-state index contributed by atoms with van der Waals surface area (Å²) in [6.45, 7) is 4.10. The van der Waals surface area contributed by atoms with Crippen LogP contribution < -0.4 is 5.32 Å². The molecule has 1 aliphatic rings. The highest BCUT2D eigenvalue weighted by molar-refractivity contribution is 5.03. The van der Waals surface area contributed by atoms with Gasteiger partial charge in [-0.1, -0.05) is 19.8 Å². The van der Waals surface area contributed by atoms with E-state index in [1.54, 1.807) is 0 Å². The monoisotopic (exact) mass is 166 g/mol. The first-order valence-electron chi connectivity index (χ1n) is 4.95. The maximum atomic E-state index is 9.03. The van der Waals surface area contributed by atoms with Gasteiger partial charge in [-0.05, 0) is 25.8 Å². The van der Waals surface area contributed by atoms with Crippen molar-refractivity contribution in [2.75, 3.05) is 13.1 Å². The minimum atomic E-state index is -0.0187. The fourth-order valence-corrected chi connectivity index (χ4v) is 1.88. The maximum Gasteiger partial charge on any atom is 0.0703 e. The van der Waals surface area contributed by atoms with Crippen molar-refractivity contribution in [1.82, 2.24) is 5.32 Å². The van der Waals surface area contributed by atoms with E-state index in [0.717, 1.165) is 32.4 Å². The Kier molecular flexibility index (Phi) is 3.55. The quantitative estimate of drug-likeness (QED) is 0.649. The van der Waals surface area contributed by atoms with Crippen LogP contribution >= 0.6 is 0 Å². The minimum Gasteiger partial charge on any atom is -0.315 e. The van der Waals surface area contributed by atoms with Crippen molar-refractivity contribution in [3.8, 4) is 6.07 Å². The lowest BCUT2D eigenvalue weighted by Crippen LogP contribution is -2.31. The van der Waals surface area contributed by atoms with E-state index in [1.807, 2.05) is 0 Å². The maximum absolute atomic E-state index is 9.03. The molecule has 1 N–H and O–H groups in total. The van der Waals surface area contributed by atoms with Gasteiger partial charge in [0.05, 0.1) is 11.5 Å². The first kappa shape index (κ1) is 9.54. The van der Waals surface area contributed by atoms with Crippen molar-refractivity contribution in [1.29, 1.82) is 5.26 Å². The Balaban J connectivity index is 2.30. The molecule has 0 aromatic heterocycles. The van der Waals surface area contributed by atoms with E-state index in [-0.39, 0.29) is 5.41 Å². The molecule has 0 aromatic rings. The molecule has 0 radical (unpaired) electrons. The predicted molar refractivity (Wildman–Crippen MR) is 49.7 cm³/mol. The number of hydrogen-bond acceptors (Lipinski definition) is 2. The SMILES string of the molecule is CCCNCC1(C#N)CCCC1. The van der Waals surface area contributed by atoms with Crippen molar-refractivity contribution in [3.63, 3.8) is 0 Å². The molecule has 0 saturated heterocycles. The third-order valence-electron chi connectivity index (χ3n) is 2.69. The molecule has 0 atom stereocenters. The average molecular weight is 166 g/mol. The van der Waals surface area contributed by atoms with Crippen LogP contribution in [-0.4, -0.2) is 13.1 Å². The van der Waals surface area contributed by atoms with Gasteiger partial charge in [-0.25, -0.2) is 0 Å². The highest BCUT2D eigenvalue weighted by Gasteiger charge is 2.33. The summed E-state index contributed by atoms with van der Waals surface area (Å²) in [6.07, 6.45) is 5.82. The van der Waals surface area contributed by atoms with Gasteiger partial charge >= 0.3 is 0 Å².